The van der Waals surface area contributed by atoms with Crippen LogP contribution in [0.3, 0.4) is 0 Å². The normalized spacial score (nSPS) is 17.6. The minimum Gasteiger partial charge on any atom is -0.347 e. The third kappa shape index (κ3) is 2.94. The van der Waals surface area contributed by atoms with Gasteiger partial charge in [-0.25, -0.2) is 9.37 Å². The molecule has 0 spiro atoms. The minimum absolute atomic E-state index is 0.154. The summed E-state index contributed by atoms with van der Waals surface area (Å²) in [4.78, 5) is 8.20. The Bertz CT molecular complexity index is 626. The Morgan fingerprint density at radius 2 is 2.24 bits per heavy atom. The summed E-state index contributed by atoms with van der Waals surface area (Å²) < 4.78 is 13.8. The van der Waals surface area contributed by atoms with Crippen molar-refractivity contribution in [2.24, 2.45) is 0 Å². The number of halogens is 1. The van der Waals surface area contributed by atoms with Gasteiger partial charge in [0, 0.05) is 24.0 Å². The molecule has 2 aromatic rings. The summed E-state index contributed by atoms with van der Waals surface area (Å²) in [5.74, 6) is -0.154. The lowest BCUT2D eigenvalue weighted by Gasteiger charge is -2.20. The van der Waals surface area contributed by atoms with Crippen LogP contribution < -0.4 is 10.2 Å². The summed E-state index contributed by atoms with van der Waals surface area (Å²) in [6, 6.07) is 7.29. The quantitative estimate of drug-likeness (QED) is 0.937. The van der Waals surface area contributed by atoms with Gasteiger partial charge < -0.3 is 10.2 Å². The van der Waals surface area contributed by atoms with E-state index in [1.165, 1.54) is 23.1 Å². The summed E-state index contributed by atoms with van der Waals surface area (Å²) in [5.41, 5.74) is 1.89. The lowest BCUT2D eigenvalue weighted by Crippen LogP contribution is -2.21. The molecule has 0 aliphatic heterocycles. The first-order chi connectivity index (χ1) is 10.2. The van der Waals surface area contributed by atoms with Gasteiger partial charge in [-0.2, -0.15) is 0 Å². The van der Waals surface area contributed by atoms with Crippen LogP contribution in [0, 0.1) is 5.82 Å². The molecule has 1 unspecified atom stereocenters. The van der Waals surface area contributed by atoms with Crippen molar-refractivity contribution < 1.29 is 4.39 Å². The lowest BCUT2D eigenvalue weighted by molar-refractivity contribution is 0.489. The summed E-state index contributed by atoms with van der Waals surface area (Å²) in [7, 11) is 3.97. The number of aryl methyl sites for hydroxylation is 1. The molecule has 0 saturated carbocycles. The summed E-state index contributed by atoms with van der Waals surface area (Å²) in [6.07, 6.45) is 3.46. The Morgan fingerprint density at radius 3 is 3.00 bits per heavy atom. The van der Waals surface area contributed by atoms with Gasteiger partial charge in [0.2, 0.25) is 0 Å². The van der Waals surface area contributed by atoms with Gasteiger partial charge in [-0.05, 0) is 32.4 Å². The van der Waals surface area contributed by atoms with Gasteiger partial charge in [0.15, 0.2) is 5.13 Å². The summed E-state index contributed by atoms with van der Waals surface area (Å²) in [5, 5.41) is 4.31. The van der Waals surface area contributed by atoms with E-state index in [0.29, 0.717) is 18.2 Å². The molecule has 3 nitrogen and oxygen atoms in total. The van der Waals surface area contributed by atoms with E-state index in [-0.39, 0.29) is 5.82 Å². The standard InChI is InChI=1S/C16H20FN3S/c1-18-13-8-5-9-14-15(13)19-16(21-14)20(2)10-11-6-3-4-7-12(11)17/h3-4,6-7,13,18H,5,8-10H2,1-2H3. The Labute approximate surface area is 128 Å². The average Bonchev–Trinajstić information content (AvgIpc) is 2.93. The van der Waals surface area contributed by atoms with Crippen molar-refractivity contribution in [3.8, 4) is 0 Å². The highest BCUT2D eigenvalue weighted by Crippen LogP contribution is 2.36. The Kier molecular flexibility index (Phi) is 4.22. The van der Waals surface area contributed by atoms with Crippen LogP contribution >= 0.6 is 11.3 Å². The maximum Gasteiger partial charge on any atom is 0.185 e. The predicted molar refractivity (Wildman–Crippen MR) is 85.4 cm³/mol. The van der Waals surface area contributed by atoms with Crippen LogP contribution in [-0.4, -0.2) is 19.1 Å². The largest absolute Gasteiger partial charge is 0.347 e. The molecule has 0 fully saturated rings. The molecule has 1 heterocycles. The average molecular weight is 305 g/mol. The van der Waals surface area contributed by atoms with Gasteiger partial charge in [0.1, 0.15) is 5.82 Å². The molecule has 1 aromatic carbocycles. The van der Waals surface area contributed by atoms with Crippen molar-refractivity contribution in [3.05, 3.63) is 46.2 Å². The number of rotatable bonds is 4. The number of hydrogen-bond acceptors (Lipinski definition) is 4. The first-order valence-electron chi connectivity index (χ1n) is 7.30. The van der Waals surface area contributed by atoms with E-state index >= 15 is 0 Å². The van der Waals surface area contributed by atoms with Gasteiger partial charge in [-0.3, -0.25) is 0 Å². The fraction of sp³-hybridized carbons (Fsp3) is 0.438. The number of nitrogens with one attached hydrogen (secondary N) is 1. The molecule has 112 valence electrons. The number of hydrogen-bond donors (Lipinski definition) is 1. The third-order valence-corrected chi connectivity index (χ3v) is 5.23. The first-order valence-corrected chi connectivity index (χ1v) is 8.12. The van der Waals surface area contributed by atoms with E-state index in [1.807, 2.05) is 31.1 Å². The van der Waals surface area contributed by atoms with Crippen LogP contribution in [0.5, 0.6) is 0 Å². The molecule has 0 amide bonds. The third-order valence-electron chi connectivity index (χ3n) is 3.98. The molecule has 0 radical (unpaired) electrons. The minimum atomic E-state index is -0.154. The maximum atomic E-state index is 13.8. The van der Waals surface area contributed by atoms with Crippen molar-refractivity contribution in [2.45, 2.75) is 31.8 Å². The predicted octanol–water partition coefficient (Wildman–Crippen LogP) is 3.52. The number of anilines is 1. The molecule has 0 bridgehead atoms. The highest BCUT2D eigenvalue weighted by atomic mass is 32.1. The molecule has 0 saturated heterocycles. The Hall–Kier alpha value is -1.46. The van der Waals surface area contributed by atoms with E-state index < -0.39 is 0 Å². The molecule has 1 atom stereocenters. The van der Waals surface area contributed by atoms with Crippen LogP contribution in [0.15, 0.2) is 24.3 Å². The molecular formula is C16H20FN3S. The van der Waals surface area contributed by atoms with Crippen molar-refractivity contribution in [1.29, 1.82) is 0 Å². The molecule has 3 rings (SSSR count). The Balaban J connectivity index is 1.81. The second kappa shape index (κ2) is 6.12. The van der Waals surface area contributed by atoms with E-state index in [0.717, 1.165) is 18.0 Å². The van der Waals surface area contributed by atoms with E-state index in [4.69, 9.17) is 4.98 Å². The molecule has 1 aliphatic rings. The smallest absolute Gasteiger partial charge is 0.185 e. The number of fused-ring (bicyclic) bond motifs is 1. The van der Waals surface area contributed by atoms with Crippen LogP contribution in [0.1, 0.15) is 35.0 Å². The van der Waals surface area contributed by atoms with E-state index in [2.05, 4.69) is 5.32 Å². The molecule has 1 aromatic heterocycles. The summed E-state index contributed by atoms with van der Waals surface area (Å²) in [6.45, 7) is 0.545. The fourth-order valence-corrected chi connectivity index (χ4v) is 3.92. The number of benzene rings is 1. The molecule has 1 aliphatic carbocycles. The topological polar surface area (TPSA) is 28.2 Å². The number of aromatic nitrogens is 1. The van der Waals surface area contributed by atoms with Crippen LogP contribution in [0.4, 0.5) is 9.52 Å². The van der Waals surface area contributed by atoms with Crippen molar-refractivity contribution in [2.75, 3.05) is 19.0 Å². The van der Waals surface area contributed by atoms with Gasteiger partial charge in [0.25, 0.3) is 0 Å². The van der Waals surface area contributed by atoms with Gasteiger partial charge in [0.05, 0.1) is 11.7 Å². The van der Waals surface area contributed by atoms with Crippen molar-refractivity contribution >= 4 is 16.5 Å². The number of thiazole rings is 1. The second-order valence-corrected chi connectivity index (χ2v) is 6.55. The van der Waals surface area contributed by atoms with Crippen LogP contribution in [0.2, 0.25) is 0 Å². The van der Waals surface area contributed by atoms with Crippen molar-refractivity contribution in [3.63, 3.8) is 0 Å². The van der Waals surface area contributed by atoms with Crippen LogP contribution in [0.25, 0.3) is 0 Å². The van der Waals surface area contributed by atoms with Gasteiger partial charge in [-0.15, -0.1) is 11.3 Å². The molecule has 5 heteroatoms. The number of nitrogens with zero attached hydrogens (tertiary/aromatic N) is 2. The highest BCUT2D eigenvalue weighted by molar-refractivity contribution is 7.15. The zero-order valence-electron chi connectivity index (χ0n) is 12.4. The SMILES string of the molecule is CNC1CCCc2sc(N(C)Cc3ccccc3F)nc21. The lowest BCUT2D eigenvalue weighted by atomic mass is 9.98. The monoisotopic (exact) mass is 305 g/mol. The molecule has 1 N–H and O–H groups in total. The zero-order valence-corrected chi connectivity index (χ0v) is 13.2. The maximum absolute atomic E-state index is 13.8. The highest BCUT2D eigenvalue weighted by Gasteiger charge is 2.24. The van der Waals surface area contributed by atoms with Gasteiger partial charge in [-0.1, -0.05) is 18.2 Å². The fourth-order valence-electron chi connectivity index (χ4n) is 2.80. The summed E-state index contributed by atoms with van der Waals surface area (Å²) >= 11 is 1.74. The second-order valence-electron chi connectivity index (χ2n) is 5.49. The van der Waals surface area contributed by atoms with E-state index in [9.17, 15) is 4.39 Å². The molecular weight excluding hydrogens is 285 g/mol. The van der Waals surface area contributed by atoms with E-state index in [1.54, 1.807) is 17.4 Å². The van der Waals surface area contributed by atoms with Crippen LogP contribution in [-0.2, 0) is 13.0 Å². The van der Waals surface area contributed by atoms with Gasteiger partial charge >= 0.3 is 0 Å². The molecule has 21 heavy (non-hydrogen) atoms. The zero-order chi connectivity index (χ0) is 14.8. The first kappa shape index (κ1) is 14.5. The van der Waals surface area contributed by atoms with Crippen molar-refractivity contribution in [1.82, 2.24) is 10.3 Å². The Morgan fingerprint density at radius 1 is 1.43 bits per heavy atom.